The van der Waals surface area contributed by atoms with Crippen LogP contribution in [0.15, 0.2) is 30.6 Å². The van der Waals surface area contributed by atoms with E-state index < -0.39 is 6.10 Å². The van der Waals surface area contributed by atoms with Gasteiger partial charge in [0.15, 0.2) is 0 Å². The number of halogens is 1. The van der Waals surface area contributed by atoms with Crippen LogP contribution in [-0.2, 0) is 0 Å². The molecule has 1 atom stereocenters. The molecule has 0 aliphatic carbocycles. The van der Waals surface area contributed by atoms with E-state index in [-0.39, 0.29) is 6.04 Å². The van der Waals surface area contributed by atoms with Crippen LogP contribution in [0, 0.1) is 0 Å². The third kappa shape index (κ3) is 2.48. The van der Waals surface area contributed by atoms with Crippen LogP contribution in [0.3, 0.4) is 0 Å². The van der Waals surface area contributed by atoms with E-state index in [2.05, 4.69) is 10.1 Å². The summed E-state index contributed by atoms with van der Waals surface area (Å²) in [4.78, 5) is 4.11. The molecular weight excluding hydrogens is 238 g/mol. The summed E-state index contributed by atoms with van der Waals surface area (Å²) in [6.07, 6.45) is 2.42. The van der Waals surface area contributed by atoms with Crippen molar-refractivity contribution in [3.05, 3.63) is 47.0 Å². The molecule has 2 aromatic rings. The molecule has 0 saturated heterocycles. The predicted octanol–water partition coefficient (Wildman–Crippen LogP) is 2.59. The maximum absolute atomic E-state index is 10.2. The van der Waals surface area contributed by atoms with Gasteiger partial charge in [-0.15, -0.1) is 0 Å². The van der Waals surface area contributed by atoms with Gasteiger partial charge < -0.3 is 5.11 Å². The number of aliphatic hydroxyl groups is 1. The first-order chi connectivity index (χ1) is 8.09. The van der Waals surface area contributed by atoms with Gasteiger partial charge in [-0.2, -0.15) is 5.10 Å². The number of aromatic nitrogens is 3. The molecule has 0 amide bonds. The van der Waals surface area contributed by atoms with Crippen molar-refractivity contribution >= 4 is 11.6 Å². The molecule has 0 fully saturated rings. The predicted molar refractivity (Wildman–Crippen MR) is 65.9 cm³/mol. The second kappa shape index (κ2) is 4.85. The Morgan fingerprint density at radius 3 is 2.65 bits per heavy atom. The van der Waals surface area contributed by atoms with Crippen molar-refractivity contribution in [2.75, 3.05) is 0 Å². The lowest BCUT2D eigenvalue weighted by Crippen LogP contribution is -2.12. The van der Waals surface area contributed by atoms with Gasteiger partial charge in [-0.25, -0.2) is 0 Å². The molecule has 2 rings (SSSR count). The quantitative estimate of drug-likeness (QED) is 0.912. The molecule has 90 valence electrons. The van der Waals surface area contributed by atoms with E-state index in [4.69, 9.17) is 11.6 Å². The van der Waals surface area contributed by atoms with E-state index in [0.29, 0.717) is 10.7 Å². The van der Waals surface area contributed by atoms with Crippen molar-refractivity contribution in [1.82, 2.24) is 14.8 Å². The zero-order valence-electron chi connectivity index (χ0n) is 9.71. The lowest BCUT2D eigenvalue weighted by atomic mass is 10.1. The van der Waals surface area contributed by atoms with E-state index in [1.807, 2.05) is 13.8 Å². The van der Waals surface area contributed by atoms with Crippen LogP contribution in [0.5, 0.6) is 0 Å². The van der Waals surface area contributed by atoms with Crippen LogP contribution in [0.25, 0.3) is 0 Å². The largest absolute Gasteiger partial charge is 0.380 e. The van der Waals surface area contributed by atoms with Crippen LogP contribution < -0.4 is 0 Å². The highest BCUT2D eigenvalue weighted by molar-refractivity contribution is 6.30. The van der Waals surface area contributed by atoms with Crippen molar-refractivity contribution in [3.8, 4) is 0 Å². The zero-order chi connectivity index (χ0) is 12.4. The lowest BCUT2D eigenvalue weighted by molar-refractivity contribution is 0.200. The van der Waals surface area contributed by atoms with Gasteiger partial charge in [0.25, 0.3) is 0 Å². The minimum Gasteiger partial charge on any atom is -0.380 e. The molecular formula is C12H14ClN3O. The Labute approximate surface area is 105 Å². The summed E-state index contributed by atoms with van der Waals surface area (Å²) in [7, 11) is 0. The summed E-state index contributed by atoms with van der Waals surface area (Å²) in [5.41, 5.74) is 1.30. The van der Waals surface area contributed by atoms with E-state index in [9.17, 15) is 5.11 Å². The summed E-state index contributed by atoms with van der Waals surface area (Å²) in [5.74, 6) is 0. The summed E-state index contributed by atoms with van der Waals surface area (Å²) in [6, 6.07) is 5.41. The molecule has 1 unspecified atom stereocenters. The van der Waals surface area contributed by atoms with E-state index in [1.54, 1.807) is 29.1 Å². The number of nitrogens with zero attached hydrogens (tertiary/aromatic N) is 3. The number of pyridine rings is 1. The number of hydrogen-bond acceptors (Lipinski definition) is 3. The summed E-state index contributed by atoms with van der Waals surface area (Å²) >= 11 is 5.76. The molecule has 5 heteroatoms. The first-order valence-electron chi connectivity index (χ1n) is 5.42. The second-order valence-corrected chi connectivity index (χ2v) is 4.53. The van der Waals surface area contributed by atoms with Crippen molar-refractivity contribution in [3.63, 3.8) is 0 Å². The third-order valence-corrected chi connectivity index (χ3v) is 2.72. The standard InChI is InChI=1S/C12H14ClN3O/c1-8(2)16-11(5-6-15-16)12(17)10-4-3-9(13)7-14-10/h3-8,12,17H,1-2H3. The van der Waals surface area contributed by atoms with Crippen LogP contribution in [0.1, 0.15) is 37.4 Å². The molecule has 0 spiro atoms. The fraction of sp³-hybridized carbons (Fsp3) is 0.333. The highest BCUT2D eigenvalue weighted by atomic mass is 35.5. The van der Waals surface area contributed by atoms with Gasteiger partial charge in [0, 0.05) is 18.4 Å². The Hall–Kier alpha value is -1.39. The Morgan fingerprint density at radius 2 is 2.06 bits per heavy atom. The molecule has 17 heavy (non-hydrogen) atoms. The van der Waals surface area contributed by atoms with Crippen LogP contribution >= 0.6 is 11.6 Å². The molecule has 0 bridgehead atoms. The lowest BCUT2D eigenvalue weighted by Gasteiger charge is -2.15. The molecule has 1 N–H and O–H groups in total. The Bertz CT molecular complexity index is 493. The van der Waals surface area contributed by atoms with Gasteiger partial charge in [0.05, 0.1) is 16.4 Å². The average Bonchev–Trinajstić information content (AvgIpc) is 2.78. The van der Waals surface area contributed by atoms with Crippen LogP contribution in [0.2, 0.25) is 5.02 Å². The van der Waals surface area contributed by atoms with Gasteiger partial charge in [-0.3, -0.25) is 9.67 Å². The topological polar surface area (TPSA) is 50.9 Å². The highest BCUT2D eigenvalue weighted by Crippen LogP contribution is 2.22. The van der Waals surface area contributed by atoms with Crippen molar-refractivity contribution < 1.29 is 5.11 Å². The SMILES string of the molecule is CC(C)n1nccc1C(O)c1ccc(Cl)cn1. The van der Waals surface area contributed by atoms with Gasteiger partial charge in [0.2, 0.25) is 0 Å². The first-order valence-corrected chi connectivity index (χ1v) is 5.80. The average molecular weight is 252 g/mol. The van der Waals surface area contributed by atoms with Crippen molar-refractivity contribution in [1.29, 1.82) is 0 Å². The minimum absolute atomic E-state index is 0.196. The molecule has 2 heterocycles. The minimum atomic E-state index is -0.780. The van der Waals surface area contributed by atoms with E-state index in [0.717, 1.165) is 5.69 Å². The highest BCUT2D eigenvalue weighted by Gasteiger charge is 2.17. The van der Waals surface area contributed by atoms with Crippen molar-refractivity contribution in [2.24, 2.45) is 0 Å². The van der Waals surface area contributed by atoms with Crippen molar-refractivity contribution in [2.45, 2.75) is 26.0 Å². The Balaban J connectivity index is 2.33. The number of rotatable bonds is 3. The van der Waals surface area contributed by atoms with Gasteiger partial charge in [-0.1, -0.05) is 11.6 Å². The third-order valence-electron chi connectivity index (χ3n) is 2.50. The van der Waals surface area contributed by atoms with Crippen LogP contribution in [-0.4, -0.2) is 19.9 Å². The second-order valence-electron chi connectivity index (χ2n) is 4.10. The molecule has 4 nitrogen and oxygen atoms in total. The number of aliphatic hydroxyl groups excluding tert-OH is 1. The Kier molecular flexibility index (Phi) is 3.45. The normalized spacial score (nSPS) is 13.0. The molecule has 0 radical (unpaired) electrons. The van der Waals surface area contributed by atoms with Gasteiger partial charge in [0.1, 0.15) is 6.10 Å². The molecule has 0 aromatic carbocycles. The first kappa shape index (κ1) is 12.1. The van der Waals surface area contributed by atoms with Gasteiger partial charge in [-0.05, 0) is 32.0 Å². The molecule has 0 aliphatic heterocycles. The smallest absolute Gasteiger partial charge is 0.137 e. The maximum Gasteiger partial charge on any atom is 0.137 e. The summed E-state index contributed by atoms with van der Waals surface area (Å²) in [6.45, 7) is 4.02. The molecule has 0 saturated carbocycles. The van der Waals surface area contributed by atoms with E-state index in [1.165, 1.54) is 6.20 Å². The monoisotopic (exact) mass is 251 g/mol. The Morgan fingerprint density at radius 1 is 1.29 bits per heavy atom. The molecule has 2 aromatic heterocycles. The fourth-order valence-corrected chi connectivity index (χ4v) is 1.78. The maximum atomic E-state index is 10.2. The van der Waals surface area contributed by atoms with Gasteiger partial charge >= 0.3 is 0 Å². The summed E-state index contributed by atoms with van der Waals surface area (Å²) in [5, 5.41) is 15.0. The van der Waals surface area contributed by atoms with E-state index >= 15 is 0 Å². The zero-order valence-corrected chi connectivity index (χ0v) is 10.5. The molecule has 0 aliphatic rings. The fourth-order valence-electron chi connectivity index (χ4n) is 1.67. The van der Waals surface area contributed by atoms with Crippen LogP contribution in [0.4, 0.5) is 0 Å². The summed E-state index contributed by atoms with van der Waals surface area (Å²) < 4.78 is 1.78. The number of hydrogen-bond donors (Lipinski definition) is 1.